The number of nitrogens with one attached hydrogen (secondary N) is 1. The Morgan fingerprint density at radius 3 is 2.97 bits per heavy atom. The Morgan fingerprint density at radius 2 is 2.22 bits per heavy atom. The number of aromatic nitrogens is 5. The monoisotopic (exact) mass is 453 g/mol. The van der Waals surface area contributed by atoms with Crippen LogP contribution < -0.4 is 15.8 Å². The molecule has 4 aromatic heterocycles. The van der Waals surface area contributed by atoms with Gasteiger partial charge in [0.25, 0.3) is 5.56 Å². The lowest BCUT2D eigenvalue weighted by Crippen LogP contribution is -2.49. The van der Waals surface area contributed by atoms with Gasteiger partial charge in [0.2, 0.25) is 11.9 Å². The highest BCUT2D eigenvalue weighted by Crippen LogP contribution is 2.26. The number of hydrogen-bond acceptors (Lipinski definition) is 6. The van der Waals surface area contributed by atoms with Crippen molar-refractivity contribution in [2.45, 2.75) is 45.2 Å². The molecule has 0 spiro atoms. The fraction of sp³-hybridized carbons (Fsp3) is 0.455. The minimum absolute atomic E-state index is 0.00981. The van der Waals surface area contributed by atoms with E-state index in [4.69, 9.17) is 0 Å². The molecule has 0 aromatic carbocycles. The first-order chi connectivity index (χ1) is 15.4. The Balaban J connectivity index is 1.37. The second-order valence-corrected chi connectivity index (χ2v) is 9.61. The molecular weight excluding hydrogens is 426 g/mol. The largest absolute Gasteiger partial charge is 0.350 e. The van der Waals surface area contributed by atoms with Crippen LogP contribution in [0.5, 0.6) is 0 Å². The number of piperidine rings is 1. The summed E-state index contributed by atoms with van der Waals surface area (Å²) in [6.07, 6.45) is 5.58. The number of carbonyl (C=O) groups excluding carboxylic acids is 1. The Labute approximate surface area is 189 Å². The fourth-order valence-electron chi connectivity index (χ4n) is 4.48. The number of carbonyl (C=O) groups is 1. The number of anilines is 1. The van der Waals surface area contributed by atoms with Gasteiger partial charge in [-0.3, -0.25) is 14.0 Å². The molecule has 10 heteroatoms. The topological polar surface area (TPSA) is 89.5 Å². The number of nitrogens with zero attached hydrogens (tertiary/aromatic N) is 6. The predicted octanol–water partition coefficient (Wildman–Crippen LogP) is 2.35. The molecule has 0 aliphatic carbocycles. The van der Waals surface area contributed by atoms with Crippen LogP contribution in [0, 0.1) is 0 Å². The second kappa shape index (κ2) is 8.09. The number of imidazole rings is 1. The Bertz CT molecular complexity index is 1350. The average molecular weight is 454 g/mol. The van der Waals surface area contributed by atoms with Crippen molar-refractivity contribution in [3.05, 3.63) is 46.1 Å². The van der Waals surface area contributed by atoms with Crippen LogP contribution in [-0.4, -0.2) is 48.8 Å². The molecule has 5 rings (SSSR count). The van der Waals surface area contributed by atoms with Crippen LogP contribution in [0.2, 0.25) is 0 Å². The SMILES string of the molecule is CC(C)c1nn(CC(=O)N[C@@H]2CCCN(c3nccn3C)C2)c(=O)c2cc3ccsc3n12. The molecule has 1 amide bonds. The van der Waals surface area contributed by atoms with Gasteiger partial charge in [-0.25, -0.2) is 9.67 Å². The number of amides is 1. The summed E-state index contributed by atoms with van der Waals surface area (Å²) in [5, 5.41) is 10.7. The Kier molecular flexibility index (Phi) is 5.24. The lowest BCUT2D eigenvalue weighted by molar-refractivity contribution is -0.122. The van der Waals surface area contributed by atoms with E-state index < -0.39 is 0 Å². The van der Waals surface area contributed by atoms with Gasteiger partial charge < -0.3 is 14.8 Å². The molecule has 1 N–H and O–H groups in total. The van der Waals surface area contributed by atoms with E-state index in [9.17, 15) is 9.59 Å². The molecule has 168 valence electrons. The highest BCUT2D eigenvalue weighted by molar-refractivity contribution is 7.16. The second-order valence-electron chi connectivity index (χ2n) is 8.71. The van der Waals surface area contributed by atoms with Crippen LogP contribution in [0.3, 0.4) is 0 Å². The standard InChI is InChI=1S/C22H27N7O2S/c1-14(2)19-25-28(20(31)17-11-15-6-10-32-21(15)29(17)19)13-18(30)24-16-5-4-8-27(12-16)22-23-7-9-26(22)3/h6-7,9-11,14,16H,4-5,8,12-13H2,1-3H3,(H,24,30)/t16-/m1/s1. The molecular formula is C22H27N7O2S. The molecule has 0 bridgehead atoms. The quantitative estimate of drug-likeness (QED) is 0.501. The minimum atomic E-state index is -0.244. The first-order valence-electron chi connectivity index (χ1n) is 10.9. The van der Waals surface area contributed by atoms with Gasteiger partial charge in [0.05, 0.1) is 0 Å². The number of fused-ring (bicyclic) bond motifs is 3. The summed E-state index contributed by atoms with van der Waals surface area (Å²) in [6, 6.07) is 3.90. The van der Waals surface area contributed by atoms with Gasteiger partial charge >= 0.3 is 0 Å². The highest BCUT2D eigenvalue weighted by atomic mass is 32.1. The first-order valence-corrected chi connectivity index (χ1v) is 11.8. The van der Waals surface area contributed by atoms with Crippen molar-refractivity contribution in [1.82, 2.24) is 29.0 Å². The van der Waals surface area contributed by atoms with Crippen molar-refractivity contribution in [2.24, 2.45) is 7.05 Å². The number of rotatable bonds is 5. The number of aryl methyl sites for hydroxylation is 1. The van der Waals surface area contributed by atoms with Gasteiger partial charge in [-0.1, -0.05) is 13.8 Å². The summed E-state index contributed by atoms with van der Waals surface area (Å²) in [6.45, 7) is 5.61. The van der Waals surface area contributed by atoms with Crippen molar-refractivity contribution in [1.29, 1.82) is 0 Å². The zero-order valence-corrected chi connectivity index (χ0v) is 19.3. The Morgan fingerprint density at radius 1 is 1.38 bits per heavy atom. The van der Waals surface area contributed by atoms with E-state index >= 15 is 0 Å². The van der Waals surface area contributed by atoms with Crippen molar-refractivity contribution >= 4 is 38.9 Å². The third-order valence-electron chi connectivity index (χ3n) is 5.99. The van der Waals surface area contributed by atoms with E-state index in [1.807, 2.05) is 53.6 Å². The zero-order valence-electron chi connectivity index (χ0n) is 18.5. The summed E-state index contributed by atoms with van der Waals surface area (Å²) in [5.41, 5.74) is 0.322. The first kappa shape index (κ1) is 20.7. The molecule has 5 heterocycles. The zero-order chi connectivity index (χ0) is 22.4. The average Bonchev–Trinajstić information content (AvgIpc) is 3.46. The van der Waals surface area contributed by atoms with Gasteiger partial charge in [-0.05, 0) is 30.4 Å². The van der Waals surface area contributed by atoms with Crippen LogP contribution >= 0.6 is 11.3 Å². The van der Waals surface area contributed by atoms with Gasteiger partial charge in [-0.2, -0.15) is 5.10 Å². The summed E-state index contributed by atoms with van der Waals surface area (Å²) < 4.78 is 5.23. The van der Waals surface area contributed by atoms with E-state index in [0.717, 1.165) is 41.4 Å². The van der Waals surface area contributed by atoms with Gasteiger partial charge in [0.15, 0.2) is 0 Å². The molecule has 4 aromatic rings. The molecule has 32 heavy (non-hydrogen) atoms. The molecule has 0 saturated carbocycles. The van der Waals surface area contributed by atoms with E-state index in [1.165, 1.54) is 4.68 Å². The molecule has 1 fully saturated rings. The van der Waals surface area contributed by atoms with E-state index in [1.54, 1.807) is 17.5 Å². The molecule has 1 aliphatic heterocycles. The normalized spacial score (nSPS) is 17.0. The Hall–Kier alpha value is -3.14. The summed E-state index contributed by atoms with van der Waals surface area (Å²) in [5.74, 6) is 1.60. The molecule has 1 atom stereocenters. The summed E-state index contributed by atoms with van der Waals surface area (Å²) in [7, 11) is 1.97. The summed E-state index contributed by atoms with van der Waals surface area (Å²) in [4.78, 5) is 33.6. The van der Waals surface area contributed by atoms with Crippen molar-refractivity contribution in [2.75, 3.05) is 18.0 Å². The predicted molar refractivity (Wildman–Crippen MR) is 126 cm³/mol. The van der Waals surface area contributed by atoms with E-state index in [2.05, 4.69) is 20.3 Å². The van der Waals surface area contributed by atoms with Crippen LogP contribution in [0.4, 0.5) is 5.95 Å². The molecule has 1 saturated heterocycles. The third kappa shape index (κ3) is 3.58. The molecule has 0 radical (unpaired) electrons. The minimum Gasteiger partial charge on any atom is -0.350 e. The number of thiophene rings is 1. The van der Waals surface area contributed by atoms with Crippen molar-refractivity contribution in [3.8, 4) is 0 Å². The van der Waals surface area contributed by atoms with Crippen LogP contribution in [0.1, 0.15) is 38.4 Å². The lowest BCUT2D eigenvalue weighted by Gasteiger charge is -2.33. The molecule has 9 nitrogen and oxygen atoms in total. The van der Waals surface area contributed by atoms with Crippen LogP contribution in [-0.2, 0) is 18.4 Å². The van der Waals surface area contributed by atoms with Gasteiger partial charge in [-0.15, -0.1) is 11.3 Å². The van der Waals surface area contributed by atoms with Crippen LogP contribution in [0.25, 0.3) is 15.7 Å². The van der Waals surface area contributed by atoms with E-state index in [0.29, 0.717) is 12.1 Å². The fourth-order valence-corrected chi connectivity index (χ4v) is 5.39. The van der Waals surface area contributed by atoms with Crippen LogP contribution in [0.15, 0.2) is 34.7 Å². The summed E-state index contributed by atoms with van der Waals surface area (Å²) >= 11 is 1.59. The molecule has 1 aliphatic rings. The lowest BCUT2D eigenvalue weighted by atomic mass is 10.1. The maximum atomic E-state index is 13.1. The highest BCUT2D eigenvalue weighted by Gasteiger charge is 2.24. The van der Waals surface area contributed by atoms with Gasteiger partial charge in [0.1, 0.15) is 22.7 Å². The van der Waals surface area contributed by atoms with Crippen molar-refractivity contribution < 1.29 is 4.79 Å². The molecule has 0 unspecified atom stereocenters. The van der Waals surface area contributed by atoms with E-state index in [-0.39, 0.29) is 30.0 Å². The maximum Gasteiger partial charge on any atom is 0.291 e. The maximum absolute atomic E-state index is 13.1. The number of hydrogen-bond donors (Lipinski definition) is 1. The smallest absolute Gasteiger partial charge is 0.291 e. The van der Waals surface area contributed by atoms with Crippen molar-refractivity contribution in [3.63, 3.8) is 0 Å². The third-order valence-corrected chi connectivity index (χ3v) is 6.90. The van der Waals surface area contributed by atoms with Gasteiger partial charge in [0, 0.05) is 49.9 Å².